The molecule has 0 unspecified atom stereocenters. The molecule has 1 aromatic carbocycles. The Morgan fingerprint density at radius 3 is 2.56 bits per heavy atom. The molecule has 2 aromatic heterocycles. The summed E-state index contributed by atoms with van der Waals surface area (Å²) in [6.07, 6.45) is 1.52. The first-order valence-corrected chi connectivity index (χ1v) is 9.83. The average molecular weight is 446 g/mol. The van der Waals surface area contributed by atoms with Gasteiger partial charge < -0.3 is 10.2 Å². The average Bonchev–Trinajstić information content (AvgIpc) is 2.79. The van der Waals surface area contributed by atoms with E-state index in [9.17, 15) is 22.4 Å². The quantitative estimate of drug-likeness (QED) is 0.614. The molecule has 1 saturated heterocycles. The maximum Gasteiger partial charge on any atom is 0.434 e. The van der Waals surface area contributed by atoms with E-state index in [-0.39, 0.29) is 29.2 Å². The van der Waals surface area contributed by atoms with Crippen molar-refractivity contribution < 1.29 is 22.4 Å². The second kappa shape index (κ2) is 8.85. The van der Waals surface area contributed by atoms with Crippen molar-refractivity contribution in [2.45, 2.75) is 25.1 Å². The number of nitrogens with one attached hydrogen (secondary N) is 1. The van der Waals surface area contributed by atoms with Crippen molar-refractivity contribution in [3.05, 3.63) is 66.1 Å². The number of hydrogen-bond acceptors (Lipinski definition) is 6. The van der Waals surface area contributed by atoms with Crippen LogP contribution < -0.4 is 5.32 Å². The van der Waals surface area contributed by atoms with Crippen LogP contribution in [-0.4, -0.2) is 49.9 Å². The summed E-state index contributed by atoms with van der Waals surface area (Å²) in [7, 11) is 0. The minimum atomic E-state index is -4.56. The number of alkyl halides is 3. The van der Waals surface area contributed by atoms with Crippen molar-refractivity contribution in [3.63, 3.8) is 0 Å². The van der Waals surface area contributed by atoms with E-state index in [0.717, 1.165) is 6.20 Å². The molecule has 3 heterocycles. The maximum absolute atomic E-state index is 13.9. The molecule has 0 spiro atoms. The number of halogens is 4. The molecule has 166 valence electrons. The molecule has 0 aliphatic carbocycles. The molecule has 1 N–H and O–H groups in total. The summed E-state index contributed by atoms with van der Waals surface area (Å²) in [5.41, 5.74) is -0.512. The van der Waals surface area contributed by atoms with Crippen molar-refractivity contribution in [3.8, 4) is 11.4 Å². The lowest BCUT2D eigenvalue weighted by Gasteiger charge is -2.33. The van der Waals surface area contributed by atoms with Crippen LogP contribution in [0.4, 0.5) is 23.4 Å². The summed E-state index contributed by atoms with van der Waals surface area (Å²) in [5, 5.41) is 3.03. The Labute approximate surface area is 180 Å². The van der Waals surface area contributed by atoms with Crippen LogP contribution in [-0.2, 0) is 6.18 Å². The van der Waals surface area contributed by atoms with Crippen molar-refractivity contribution in [2.75, 3.05) is 18.4 Å². The van der Waals surface area contributed by atoms with Gasteiger partial charge in [-0.25, -0.2) is 24.3 Å². The zero-order valence-electron chi connectivity index (χ0n) is 16.7. The Morgan fingerprint density at radius 1 is 1.09 bits per heavy atom. The SMILES string of the molecule is O=C(c1ccc(F)cc1-c1ncccn1)N1CCC[C@@H](Nc2cnc(C(F)(F)F)cn2)C1. The molecule has 4 rings (SSSR count). The topological polar surface area (TPSA) is 83.9 Å². The van der Waals surface area contributed by atoms with Gasteiger partial charge >= 0.3 is 6.18 Å². The van der Waals surface area contributed by atoms with Crippen LogP contribution in [0.2, 0.25) is 0 Å². The van der Waals surface area contributed by atoms with Gasteiger partial charge in [0.25, 0.3) is 5.91 Å². The van der Waals surface area contributed by atoms with Gasteiger partial charge in [0.1, 0.15) is 11.6 Å². The third-order valence-corrected chi connectivity index (χ3v) is 5.02. The summed E-state index contributed by atoms with van der Waals surface area (Å²) in [6.45, 7) is 0.788. The van der Waals surface area contributed by atoms with E-state index >= 15 is 0 Å². The summed E-state index contributed by atoms with van der Waals surface area (Å²) in [6, 6.07) is 5.23. The molecule has 1 atom stereocenters. The van der Waals surface area contributed by atoms with E-state index in [4.69, 9.17) is 0 Å². The molecule has 0 bridgehead atoms. The summed E-state index contributed by atoms with van der Waals surface area (Å²) in [5.74, 6) is -0.389. The minimum absolute atomic E-state index is 0.192. The molecule has 1 amide bonds. The van der Waals surface area contributed by atoms with Crippen molar-refractivity contribution in [1.82, 2.24) is 24.8 Å². The molecule has 1 fully saturated rings. The predicted octanol–water partition coefficient (Wildman–Crippen LogP) is 3.81. The molecule has 1 aliphatic heterocycles. The number of hydrogen-bond donors (Lipinski definition) is 1. The number of anilines is 1. The van der Waals surface area contributed by atoms with Crippen LogP contribution in [0.1, 0.15) is 28.9 Å². The fourth-order valence-electron chi connectivity index (χ4n) is 3.53. The van der Waals surface area contributed by atoms with Gasteiger partial charge in [0.05, 0.1) is 18.0 Å². The van der Waals surface area contributed by atoms with Crippen LogP contribution in [0.25, 0.3) is 11.4 Å². The Morgan fingerprint density at radius 2 is 1.88 bits per heavy atom. The van der Waals surface area contributed by atoms with Crippen LogP contribution in [0.5, 0.6) is 0 Å². The van der Waals surface area contributed by atoms with E-state index in [1.807, 2.05) is 0 Å². The molecular formula is C21H18F4N6O. The minimum Gasteiger partial charge on any atom is -0.364 e. The van der Waals surface area contributed by atoms with Crippen molar-refractivity contribution in [1.29, 1.82) is 0 Å². The van der Waals surface area contributed by atoms with Gasteiger partial charge in [0, 0.05) is 37.1 Å². The van der Waals surface area contributed by atoms with Gasteiger partial charge in [-0.3, -0.25) is 4.79 Å². The fourth-order valence-corrected chi connectivity index (χ4v) is 3.53. The Balaban J connectivity index is 1.50. The second-order valence-corrected chi connectivity index (χ2v) is 7.28. The normalized spacial score (nSPS) is 16.6. The second-order valence-electron chi connectivity index (χ2n) is 7.28. The molecule has 0 saturated carbocycles. The summed E-state index contributed by atoms with van der Waals surface area (Å²) in [4.78, 5) is 30.2. The Kier molecular flexibility index (Phi) is 5.97. The summed E-state index contributed by atoms with van der Waals surface area (Å²) < 4.78 is 51.9. The molecular weight excluding hydrogens is 428 g/mol. The van der Waals surface area contributed by atoms with Gasteiger partial charge in [-0.1, -0.05) is 0 Å². The maximum atomic E-state index is 13.9. The monoisotopic (exact) mass is 446 g/mol. The lowest BCUT2D eigenvalue weighted by Crippen LogP contribution is -2.45. The highest BCUT2D eigenvalue weighted by atomic mass is 19.4. The highest BCUT2D eigenvalue weighted by Crippen LogP contribution is 2.28. The van der Waals surface area contributed by atoms with Gasteiger partial charge in [0.15, 0.2) is 11.5 Å². The van der Waals surface area contributed by atoms with Gasteiger partial charge in [0.2, 0.25) is 0 Å². The predicted molar refractivity (Wildman–Crippen MR) is 107 cm³/mol. The first kappa shape index (κ1) is 21.6. The lowest BCUT2D eigenvalue weighted by atomic mass is 10.0. The molecule has 11 heteroatoms. The first-order chi connectivity index (χ1) is 15.3. The highest BCUT2D eigenvalue weighted by molar-refractivity contribution is 6.00. The molecule has 7 nitrogen and oxygen atoms in total. The third-order valence-electron chi connectivity index (χ3n) is 5.02. The third kappa shape index (κ3) is 4.82. The number of benzene rings is 1. The number of carbonyl (C=O) groups excluding carboxylic acids is 1. The van der Waals surface area contributed by atoms with Gasteiger partial charge in [-0.2, -0.15) is 13.2 Å². The van der Waals surface area contributed by atoms with Crippen LogP contribution in [0.15, 0.2) is 49.1 Å². The molecule has 0 radical (unpaired) electrons. The standard InChI is InChI=1S/C21H18F4N6O/c22-13-4-5-15(16(9-13)19-26-6-2-7-27-19)20(32)31-8-1-3-14(12-31)30-18-11-28-17(10-29-18)21(23,24)25/h2,4-7,9-11,14H,1,3,8,12H2,(H,29,30)/t14-/m1/s1. The molecule has 1 aliphatic rings. The Bertz CT molecular complexity index is 1090. The number of rotatable bonds is 4. The van der Waals surface area contributed by atoms with Gasteiger partial charge in [-0.15, -0.1) is 0 Å². The van der Waals surface area contributed by atoms with Crippen molar-refractivity contribution in [2.24, 2.45) is 0 Å². The lowest BCUT2D eigenvalue weighted by molar-refractivity contribution is -0.141. The number of amides is 1. The smallest absolute Gasteiger partial charge is 0.364 e. The number of aromatic nitrogens is 4. The Hall–Kier alpha value is -3.63. The number of likely N-dealkylation sites (tertiary alicyclic amines) is 1. The fraction of sp³-hybridized carbons (Fsp3) is 0.286. The first-order valence-electron chi connectivity index (χ1n) is 9.83. The van der Waals surface area contributed by atoms with E-state index in [1.165, 1.54) is 30.6 Å². The van der Waals surface area contributed by atoms with Gasteiger partial charge in [-0.05, 0) is 37.1 Å². The van der Waals surface area contributed by atoms with Crippen LogP contribution >= 0.6 is 0 Å². The van der Waals surface area contributed by atoms with Crippen LogP contribution in [0.3, 0.4) is 0 Å². The zero-order valence-corrected chi connectivity index (χ0v) is 16.7. The molecule has 3 aromatic rings. The largest absolute Gasteiger partial charge is 0.434 e. The van der Waals surface area contributed by atoms with E-state index in [0.29, 0.717) is 37.7 Å². The summed E-state index contributed by atoms with van der Waals surface area (Å²) >= 11 is 0. The molecule has 32 heavy (non-hydrogen) atoms. The number of nitrogens with zero attached hydrogens (tertiary/aromatic N) is 5. The zero-order chi connectivity index (χ0) is 22.7. The van der Waals surface area contributed by atoms with E-state index in [2.05, 4.69) is 25.3 Å². The highest BCUT2D eigenvalue weighted by Gasteiger charge is 2.33. The number of carbonyl (C=O) groups is 1. The van der Waals surface area contributed by atoms with E-state index in [1.54, 1.807) is 11.0 Å². The van der Waals surface area contributed by atoms with E-state index < -0.39 is 17.7 Å². The van der Waals surface area contributed by atoms with Crippen LogP contribution in [0, 0.1) is 5.82 Å². The number of piperidine rings is 1. The van der Waals surface area contributed by atoms with Crippen molar-refractivity contribution >= 4 is 11.7 Å².